The second-order valence-corrected chi connectivity index (χ2v) is 6.72. The molecule has 3 rings (SSSR count). The Bertz CT molecular complexity index is 1050. The summed E-state index contributed by atoms with van der Waals surface area (Å²) in [7, 11) is 0. The van der Waals surface area contributed by atoms with Gasteiger partial charge >= 0.3 is 5.97 Å². The third kappa shape index (κ3) is 3.43. The van der Waals surface area contributed by atoms with E-state index < -0.39 is 22.7 Å². The molecule has 1 aliphatic rings. The largest absolute Gasteiger partial charge is 0.481 e. The summed E-state index contributed by atoms with van der Waals surface area (Å²) in [6.07, 6.45) is 1.69. The molecule has 8 heteroatoms. The molecular formula is C19H17N3O4S. The van der Waals surface area contributed by atoms with Gasteiger partial charge in [-0.25, -0.2) is 0 Å². The molecule has 138 valence electrons. The van der Waals surface area contributed by atoms with Gasteiger partial charge in [0, 0.05) is 41.2 Å². The number of hydrogen-bond donors (Lipinski definition) is 2. The molecule has 0 bridgehead atoms. The number of benzene rings is 1. The van der Waals surface area contributed by atoms with Gasteiger partial charge in [0.2, 0.25) is 0 Å². The fraction of sp³-hybridized carbons (Fsp3) is 0.211. The normalized spacial score (nSPS) is 19.6. The van der Waals surface area contributed by atoms with Gasteiger partial charge in [-0.1, -0.05) is 30.4 Å². The van der Waals surface area contributed by atoms with Gasteiger partial charge < -0.3 is 10.1 Å². The van der Waals surface area contributed by atoms with Crippen LogP contribution in [0.15, 0.2) is 53.3 Å². The topological polar surface area (TPSA) is 109 Å². The van der Waals surface area contributed by atoms with Gasteiger partial charge in [0.05, 0.1) is 4.92 Å². The second kappa shape index (κ2) is 7.24. The Kier molecular flexibility index (Phi) is 5.00. The number of carboxylic acid groups (broad SMARTS) is 1. The number of rotatable bonds is 4. The molecule has 2 aromatic rings. The summed E-state index contributed by atoms with van der Waals surface area (Å²) in [4.78, 5) is 30.2. The lowest BCUT2D eigenvalue weighted by atomic mass is 9.74. The summed E-state index contributed by atoms with van der Waals surface area (Å²) in [5.74, 6) is -2.62. The first-order valence-corrected chi connectivity index (χ1v) is 8.63. The lowest BCUT2D eigenvalue weighted by Crippen LogP contribution is -2.32. The smallest absolute Gasteiger partial charge is 0.313 e. The van der Waals surface area contributed by atoms with E-state index in [0.717, 1.165) is 0 Å². The lowest BCUT2D eigenvalue weighted by Gasteiger charge is -2.31. The summed E-state index contributed by atoms with van der Waals surface area (Å²) >= 11 is 5.40. The van der Waals surface area contributed by atoms with Gasteiger partial charge in [0.25, 0.3) is 5.69 Å². The maximum atomic E-state index is 12.1. The maximum Gasteiger partial charge on any atom is 0.313 e. The first kappa shape index (κ1) is 18.7. The van der Waals surface area contributed by atoms with Crippen molar-refractivity contribution < 1.29 is 14.8 Å². The van der Waals surface area contributed by atoms with E-state index in [4.69, 9.17) is 12.2 Å². The molecule has 0 fully saturated rings. The molecule has 2 heterocycles. The summed E-state index contributed by atoms with van der Waals surface area (Å²) in [5.41, 5.74) is 2.88. The number of aliphatic imine (C=N–C) groups is 1. The highest BCUT2D eigenvalue weighted by Crippen LogP contribution is 2.44. The number of pyridine rings is 1. The van der Waals surface area contributed by atoms with Crippen LogP contribution in [-0.4, -0.2) is 26.7 Å². The molecule has 2 unspecified atom stereocenters. The third-order valence-electron chi connectivity index (χ3n) is 4.64. The molecule has 27 heavy (non-hydrogen) atoms. The van der Waals surface area contributed by atoms with E-state index in [0.29, 0.717) is 32.7 Å². The molecule has 7 nitrogen and oxygen atoms in total. The number of aromatic amines is 1. The van der Waals surface area contributed by atoms with Gasteiger partial charge in [-0.05, 0) is 31.1 Å². The van der Waals surface area contributed by atoms with Crippen molar-refractivity contribution in [2.75, 3.05) is 0 Å². The van der Waals surface area contributed by atoms with E-state index >= 15 is 0 Å². The lowest BCUT2D eigenvalue weighted by molar-refractivity contribution is -0.384. The van der Waals surface area contributed by atoms with Crippen LogP contribution in [0, 0.1) is 20.7 Å². The van der Waals surface area contributed by atoms with Crippen molar-refractivity contribution >= 4 is 35.2 Å². The highest BCUT2D eigenvalue weighted by atomic mass is 32.1. The minimum absolute atomic E-state index is 0.0907. The minimum atomic E-state index is -1.04. The zero-order valence-electron chi connectivity index (χ0n) is 14.7. The molecular weight excluding hydrogens is 366 g/mol. The van der Waals surface area contributed by atoms with Gasteiger partial charge in [-0.2, -0.15) is 0 Å². The van der Waals surface area contributed by atoms with E-state index in [1.54, 1.807) is 44.3 Å². The number of carboxylic acids is 1. The molecule has 0 amide bonds. The van der Waals surface area contributed by atoms with Gasteiger partial charge in [0.15, 0.2) is 0 Å². The average molecular weight is 383 g/mol. The molecule has 0 radical (unpaired) electrons. The van der Waals surface area contributed by atoms with Crippen LogP contribution in [0.25, 0.3) is 5.57 Å². The number of H-pyrrole nitrogens is 1. The molecule has 1 aliphatic heterocycles. The van der Waals surface area contributed by atoms with E-state index in [-0.39, 0.29) is 5.69 Å². The summed E-state index contributed by atoms with van der Waals surface area (Å²) in [5, 5.41) is 21.1. The first-order chi connectivity index (χ1) is 12.8. The van der Waals surface area contributed by atoms with Crippen LogP contribution in [0.4, 0.5) is 5.69 Å². The van der Waals surface area contributed by atoms with Crippen LogP contribution in [0.5, 0.6) is 0 Å². The van der Waals surface area contributed by atoms with Gasteiger partial charge in [-0.15, -0.1) is 0 Å². The average Bonchev–Trinajstić information content (AvgIpc) is 2.61. The fourth-order valence-electron chi connectivity index (χ4n) is 3.54. The Morgan fingerprint density at radius 2 is 2.04 bits per heavy atom. The van der Waals surface area contributed by atoms with Crippen LogP contribution in [0.1, 0.15) is 30.9 Å². The Hall–Kier alpha value is -3.13. The highest BCUT2D eigenvalue weighted by molar-refractivity contribution is 7.71. The second-order valence-electron chi connectivity index (χ2n) is 6.31. The number of aliphatic carboxylic acids is 1. The van der Waals surface area contributed by atoms with Gasteiger partial charge in [0.1, 0.15) is 10.6 Å². The number of nitro groups is 1. The van der Waals surface area contributed by atoms with Crippen molar-refractivity contribution in [2.24, 2.45) is 10.9 Å². The molecule has 0 saturated heterocycles. The van der Waals surface area contributed by atoms with Crippen LogP contribution >= 0.6 is 12.2 Å². The monoisotopic (exact) mass is 383 g/mol. The minimum Gasteiger partial charge on any atom is -0.481 e. The van der Waals surface area contributed by atoms with E-state index in [1.807, 2.05) is 0 Å². The van der Waals surface area contributed by atoms with Crippen molar-refractivity contribution in [3.8, 4) is 0 Å². The molecule has 0 aliphatic carbocycles. The Balaban J connectivity index is 2.31. The Morgan fingerprint density at radius 1 is 1.30 bits per heavy atom. The number of aromatic nitrogens is 1. The maximum absolute atomic E-state index is 12.1. The standard InChI is InChI=1S/C19H17N3O4S/c1-10-15(14-7-4-8-20-18(14)27)17(16(19(23)24)11(2)21-10)12-5-3-6-13(9-12)22(25)26/h3-9,16-17H,1-2H3,(H,20,27)(H,23,24). The quantitative estimate of drug-likeness (QED) is 0.464. The predicted molar refractivity (Wildman–Crippen MR) is 104 cm³/mol. The summed E-state index contributed by atoms with van der Waals surface area (Å²) in [6.45, 7) is 3.46. The van der Waals surface area contributed by atoms with E-state index in [1.165, 1.54) is 12.1 Å². The number of nitrogens with one attached hydrogen (secondary N) is 1. The van der Waals surface area contributed by atoms with E-state index in [9.17, 15) is 20.0 Å². The zero-order chi connectivity index (χ0) is 19.7. The number of carbonyl (C=O) groups is 1. The van der Waals surface area contributed by atoms with Crippen molar-refractivity contribution in [1.29, 1.82) is 0 Å². The fourth-order valence-corrected chi connectivity index (χ4v) is 3.78. The molecule has 1 aromatic heterocycles. The molecule has 1 aromatic carbocycles. The van der Waals surface area contributed by atoms with Gasteiger partial charge in [-0.3, -0.25) is 19.9 Å². The summed E-state index contributed by atoms with van der Waals surface area (Å²) in [6, 6.07) is 9.64. The highest BCUT2D eigenvalue weighted by Gasteiger charge is 2.39. The van der Waals surface area contributed by atoms with Crippen molar-refractivity contribution in [2.45, 2.75) is 19.8 Å². The van der Waals surface area contributed by atoms with Crippen LogP contribution < -0.4 is 0 Å². The molecule has 0 spiro atoms. The third-order valence-corrected chi connectivity index (χ3v) is 4.98. The molecule has 2 N–H and O–H groups in total. The zero-order valence-corrected chi connectivity index (χ0v) is 15.5. The van der Waals surface area contributed by atoms with Crippen molar-refractivity contribution in [3.05, 3.63) is 74.2 Å². The number of allylic oxidation sites excluding steroid dienone is 2. The van der Waals surface area contributed by atoms with Crippen LogP contribution in [-0.2, 0) is 4.79 Å². The number of nitrogens with zero attached hydrogens (tertiary/aromatic N) is 2. The molecule has 2 atom stereocenters. The molecule has 0 saturated carbocycles. The number of nitro benzene ring substituents is 1. The Labute approximate surface area is 160 Å². The van der Waals surface area contributed by atoms with Crippen LogP contribution in [0.2, 0.25) is 0 Å². The van der Waals surface area contributed by atoms with Crippen LogP contribution in [0.3, 0.4) is 0 Å². The first-order valence-electron chi connectivity index (χ1n) is 8.22. The van der Waals surface area contributed by atoms with Crippen molar-refractivity contribution in [3.63, 3.8) is 0 Å². The number of hydrogen-bond acceptors (Lipinski definition) is 5. The summed E-state index contributed by atoms with van der Waals surface area (Å²) < 4.78 is 0.459. The SMILES string of the molecule is CC1=NC(C)=C(c2ccc[nH]c2=S)C(c2cccc([N+](=O)[O-])c2)C1C(=O)O. The van der Waals surface area contributed by atoms with E-state index in [2.05, 4.69) is 9.98 Å². The number of non-ortho nitro benzene ring substituents is 1. The predicted octanol–water partition coefficient (Wildman–Crippen LogP) is 4.34. The Morgan fingerprint density at radius 3 is 2.67 bits per heavy atom. The van der Waals surface area contributed by atoms with Crippen molar-refractivity contribution in [1.82, 2.24) is 4.98 Å².